The summed E-state index contributed by atoms with van der Waals surface area (Å²) in [5.74, 6) is 0.139. The number of nitrogens with zero attached hydrogens (tertiary/aromatic N) is 1. The van der Waals surface area contributed by atoms with Gasteiger partial charge in [0.15, 0.2) is 0 Å². The van der Waals surface area contributed by atoms with E-state index in [2.05, 4.69) is 22.9 Å². The number of aryl methyl sites for hydroxylation is 2. The number of carbonyl (C=O) groups excluding carboxylic acids is 1. The molecule has 0 aromatic carbocycles. The van der Waals surface area contributed by atoms with Crippen LogP contribution in [0.15, 0.2) is 6.07 Å². The average Bonchev–Trinajstić information content (AvgIpc) is 2.69. The Balaban J connectivity index is 2.09. The molecule has 0 saturated carbocycles. The SMILES string of the molecule is Cc1cc(C(=O)N2CCOC(CBr)C2)sc1C. The van der Waals surface area contributed by atoms with Gasteiger partial charge in [-0.3, -0.25) is 4.79 Å². The lowest BCUT2D eigenvalue weighted by Gasteiger charge is -2.31. The third kappa shape index (κ3) is 2.89. The van der Waals surface area contributed by atoms with E-state index in [9.17, 15) is 4.79 Å². The Morgan fingerprint density at radius 2 is 2.41 bits per heavy atom. The number of halogens is 1. The Morgan fingerprint density at radius 3 is 3.00 bits per heavy atom. The third-order valence-corrected chi connectivity index (χ3v) is 4.84. The van der Waals surface area contributed by atoms with Gasteiger partial charge in [-0.1, -0.05) is 15.9 Å². The Kier molecular flexibility index (Phi) is 4.22. The normalized spacial score (nSPS) is 20.6. The van der Waals surface area contributed by atoms with E-state index in [1.165, 1.54) is 10.4 Å². The second-order valence-electron chi connectivity index (χ2n) is 4.25. The molecule has 1 aromatic heterocycles. The molecule has 1 aromatic rings. The quantitative estimate of drug-likeness (QED) is 0.785. The Hall–Kier alpha value is -0.390. The summed E-state index contributed by atoms with van der Waals surface area (Å²) in [5.41, 5.74) is 1.20. The highest BCUT2D eigenvalue weighted by Crippen LogP contribution is 2.23. The van der Waals surface area contributed by atoms with Crippen LogP contribution in [0.5, 0.6) is 0 Å². The van der Waals surface area contributed by atoms with Crippen molar-refractivity contribution in [1.29, 1.82) is 0 Å². The summed E-state index contributed by atoms with van der Waals surface area (Å²) < 4.78 is 5.53. The van der Waals surface area contributed by atoms with Crippen LogP contribution in [0.2, 0.25) is 0 Å². The molecule has 94 valence electrons. The summed E-state index contributed by atoms with van der Waals surface area (Å²) >= 11 is 4.98. The van der Waals surface area contributed by atoms with Crippen LogP contribution in [-0.2, 0) is 4.74 Å². The van der Waals surface area contributed by atoms with Crippen LogP contribution >= 0.6 is 27.3 Å². The number of hydrogen-bond donors (Lipinski definition) is 0. The van der Waals surface area contributed by atoms with Crippen molar-refractivity contribution in [2.75, 3.05) is 25.0 Å². The summed E-state index contributed by atoms with van der Waals surface area (Å²) in [6.07, 6.45) is 0.120. The van der Waals surface area contributed by atoms with Gasteiger partial charge in [-0.25, -0.2) is 0 Å². The molecular weight excluding hydrogens is 302 g/mol. The topological polar surface area (TPSA) is 29.5 Å². The van der Waals surface area contributed by atoms with Gasteiger partial charge in [-0.05, 0) is 25.5 Å². The lowest BCUT2D eigenvalue weighted by Crippen LogP contribution is -2.46. The molecule has 1 aliphatic rings. The van der Waals surface area contributed by atoms with Gasteiger partial charge in [-0.15, -0.1) is 11.3 Å². The van der Waals surface area contributed by atoms with Gasteiger partial charge in [0.2, 0.25) is 0 Å². The molecule has 0 N–H and O–H groups in total. The molecule has 1 saturated heterocycles. The minimum absolute atomic E-state index is 0.120. The van der Waals surface area contributed by atoms with Crippen molar-refractivity contribution in [3.05, 3.63) is 21.4 Å². The maximum absolute atomic E-state index is 12.3. The monoisotopic (exact) mass is 317 g/mol. The minimum Gasteiger partial charge on any atom is -0.374 e. The Labute approximate surface area is 114 Å². The molecule has 17 heavy (non-hydrogen) atoms. The van der Waals surface area contributed by atoms with Crippen LogP contribution in [0.4, 0.5) is 0 Å². The third-order valence-electron chi connectivity index (χ3n) is 2.97. The number of morpholine rings is 1. The number of rotatable bonds is 2. The van der Waals surface area contributed by atoms with E-state index in [0.29, 0.717) is 19.7 Å². The fourth-order valence-corrected chi connectivity index (χ4v) is 3.23. The van der Waals surface area contributed by atoms with Crippen LogP contribution < -0.4 is 0 Å². The van der Waals surface area contributed by atoms with Crippen molar-refractivity contribution in [3.8, 4) is 0 Å². The maximum atomic E-state index is 12.3. The van der Waals surface area contributed by atoms with Crippen LogP contribution in [-0.4, -0.2) is 41.9 Å². The van der Waals surface area contributed by atoms with Crippen molar-refractivity contribution >= 4 is 33.2 Å². The van der Waals surface area contributed by atoms with Crippen molar-refractivity contribution in [3.63, 3.8) is 0 Å². The molecule has 1 fully saturated rings. The predicted molar refractivity (Wildman–Crippen MR) is 73.2 cm³/mol. The molecule has 0 spiro atoms. The standard InChI is InChI=1S/C12H16BrNO2S/c1-8-5-11(17-9(8)2)12(15)14-3-4-16-10(6-13)7-14/h5,10H,3-4,6-7H2,1-2H3. The van der Waals surface area contributed by atoms with Gasteiger partial charge in [0.1, 0.15) is 0 Å². The van der Waals surface area contributed by atoms with E-state index >= 15 is 0 Å². The van der Waals surface area contributed by atoms with Crippen molar-refractivity contribution in [2.24, 2.45) is 0 Å². The number of thiophene rings is 1. The van der Waals surface area contributed by atoms with Crippen LogP contribution in [0.25, 0.3) is 0 Å². The zero-order valence-corrected chi connectivity index (χ0v) is 12.4. The van der Waals surface area contributed by atoms with Crippen LogP contribution in [0.3, 0.4) is 0 Å². The fraction of sp³-hybridized carbons (Fsp3) is 0.583. The average molecular weight is 318 g/mol. The molecule has 0 aliphatic carbocycles. The highest BCUT2D eigenvalue weighted by Gasteiger charge is 2.25. The lowest BCUT2D eigenvalue weighted by molar-refractivity contribution is -0.00945. The fourth-order valence-electron chi connectivity index (χ4n) is 1.83. The molecule has 0 radical (unpaired) electrons. The number of ether oxygens (including phenoxy) is 1. The first-order valence-corrected chi connectivity index (χ1v) is 7.59. The van der Waals surface area contributed by atoms with E-state index in [4.69, 9.17) is 4.74 Å². The lowest BCUT2D eigenvalue weighted by atomic mass is 10.2. The first-order valence-electron chi connectivity index (χ1n) is 5.65. The van der Waals surface area contributed by atoms with E-state index in [1.54, 1.807) is 11.3 Å². The molecule has 1 unspecified atom stereocenters. The number of hydrogen-bond acceptors (Lipinski definition) is 3. The Morgan fingerprint density at radius 1 is 1.65 bits per heavy atom. The largest absolute Gasteiger partial charge is 0.374 e. The van der Waals surface area contributed by atoms with Gasteiger partial charge < -0.3 is 9.64 Å². The van der Waals surface area contributed by atoms with E-state index in [0.717, 1.165) is 10.2 Å². The number of amides is 1. The molecule has 1 atom stereocenters. The van der Waals surface area contributed by atoms with Crippen LogP contribution in [0, 0.1) is 13.8 Å². The minimum atomic E-state index is 0.120. The molecule has 1 aliphatic heterocycles. The molecule has 1 amide bonds. The highest BCUT2D eigenvalue weighted by molar-refractivity contribution is 9.09. The summed E-state index contributed by atoms with van der Waals surface area (Å²) in [6.45, 7) is 6.10. The summed E-state index contributed by atoms with van der Waals surface area (Å²) in [6, 6.07) is 1.99. The van der Waals surface area contributed by atoms with Crippen molar-refractivity contribution < 1.29 is 9.53 Å². The Bertz CT molecular complexity index is 399. The molecule has 5 heteroatoms. The zero-order chi connectivity index (χ0) is 12.4. The maximum Gasteiger partial charge on any atom is 0.264 e. The van der Waals surface area contributed by atoms with Gasteiger partial charge in [0.25, 0.3) is 5.91 Å². The molecule has 0 bridgehead atoms. The first-order chi connectivity index (χ1) is 8.11. The van der Waals surface area contributed by atoms with Gasteiger partial charge in [-0.2, -0.15) is 0 Å². The van der Waals surface area contributed by atoms with Gasteiger partial charge >= 0.3 is 0 Å². The van der Waals surface area contributed by atoms with E-state index < -0.39 is 0 Å². The van der Waals surface area contributed by atoms with E-state index in [-0.39, 0.29) is 12.0 Å². The van der Waals surface area contributed by atoms with Crippen LogP contribution in [0.1, 0.15) is 20.1 Å². The molecule has 2 heterocycles. The summed E-state index contributed by atoms with van der Waals surface area (Å²) in [4.78, 5) is 16.2. The number of alkyl halides is 1. The molecule has 2 rings (SSSR count). The first kappa shape index (κ1) is 13.1. The summed E-state index contributed by atoms with van der Waals surface area (Å²) in [5, 5.41) is 0.777. The summed E-state index contributed by atoms with van der Waals surface area (Å²) in [7, 11) is 0. The van der Waals surface area contributed by atoms with Gasteiger partial charge in [0, 0.05) is 23.3 Å². The smallest absolute Gasteiger partial charge is 0.264 e. The second kappa shape index (κ2) is 5.50. The van der Waals surface area contributed by atoms with Crippen molar-refractivity contribution in [2.45, 2.75) is 20.0 Å². The highest BCUT2D eigenvalue weighted by atomic mass is 79.9. The molecule has 3 nitrogen and oxygen atoms in total. The van der Waals surface area contributed by atoms with Gasteiger partial charge in [0.05, 0.1) is 17.6 Å². The molecular formula is C12H16BrNO2S. The number of carbonyl (C=O) groups is 1. The zero-order valence-electron chi connectivity index (χ0n) is 10.0. The van der Waals surface area contributed by atoms with E-state index in [1.807, 2.05) is 17.9 Å². The van der Waals surface area contributed by atoms with Crippen molar-refractivity contribution in [1.82, 2.24) is 4.90 Å². The second-order valence-corrected chi connectivity index (χ2v) is 6.15. The predicted octanol–water partition coefficient (Wildman–Crippen LogP) is 2.60.